The zero-order valence-electron chi connectivity index (χ0n) is 9.72. The van der Waals surface area contributed by atoms with E-state index in [1.54, 1.807) is 36.0 Å². The Morgan fingerprint density at radius 3 is 2.22 bits per heavy atom. The monoisotopic (exact) mass is 322 g/mol. The number of benzene rings is 2. The fourth-order valence-corrected chi connectivity index (χ4v) is 2.07. The van der Waals surface area contributed by atoms with Crippen LogP contribution in [-0.2, 0) is 0 Å². The maximum Gasteiger partial charge on any atom is 0.343 e. The van der Waals surface area contributed by atoms with E-state index in [0.717, 1.165) is 9.37 Å². The molecule has 2 nitrogen and oxygen atoms in total. The highest BCUT2D eigenvalue weighted by atomic mass is 79.9. The van der Waals surface area contributed by atoms with Gasteiger partial charge in [0.15, 0.2) is 0 Å². The van der Waals surface area contributed by atoms with E-state index in [1.807, 2.05) is 30.5 Å². The third-order valence-corrected chi connectivity index (χ3v) is 3.62. The molecule has 0 fully saturated rings. The Morgan fingerprint density at radius 1 is 1.06 bits per heavy atom. The molecule has 0 aliphatic heterocycles. The summed E-state index contributed by atoms with van der Waals surface area (Å²) in [6.45, 7) is 0. The summed E-state index contributed by atoms with van der Waals surface area (Å²) >= 11 is 4.97. The van der Waals surface area contributed by atoms with Gasteiger partial charge in [-0.05, 0) is 54.8 Å². The topological polar surface area (TPSA) is 26.3 Å². The minimum atomic E-state index is -0.348. The molecule has 0 bridgehead atoms. The number of carbonyl (C=O) groups excluding carboxylic acids is 1. The maximum atomic E-state index is 11.8. The molecule has 0 unspecified atom stereocenters. The van der Waals surface area contributed by atoms with E-state index in [9.17, 15) is 4.79 Å². The molecule has 92 valence electrons. The SMILES string of the molecule is CSc1ccc(OC(=O)c2ccc(Br)cc2)cc1. The van der Waals surface area contributed by atoms with Crippen molar-refractivity contribution in [1.29, 1.82) is 0 Å². The van der Waals surface area contributed by atoms with Gasteiger partial charge in [-0.1, -0.05) is 15.9 Å². The summed E-state index contributed by atoms with van der Waals surface area (Å²) in [4.78, 5) is 13.0. The summed E-state index contributed by atoms with van der Waals surface area (Å²) in [7, 11) is 0. The molecule has 0 aliphatic rings. The molecule has 0 radical (unpaired) electrons. The molecule has 2 rings (SSSR count). The average Bonchev–Trinajstić information content (AvgIpc) is 2.40. The van der Waals surface area contributed by atoms with Crippen LogP contribution >= 0.6 is 27.7 Å². The number of halogens is 1. The lowest BCUT2D eigenvalue weighted by Crippen LogP contribution is -2.07. The van der Waals surface area contributed by atoms with Crippen LogP contribution in [0.1, 0.15) is 10.4 Å². The second-order valence-corrected chi connectivity index (χ2v) is 5.37. The lowest BCUT2D eigenvalue weighted by molar-refractivity contribution is 0.0734. The summed E-state index contributed by atoms with van der Waals surface area (Å²) in [5.74, 6) is 0.208. The quantitative estimate of drug-likeness (QED) is 0.476. The van der Waals surface area contributed by atoms with Crippen molar-refractivity contribution >= 4 is 33.7 Å². The summed E-state index contributed by atoms with van der Waals surface area (Å²) in [6, 6.07) is 14.5. The van der Waals surface area contributed by atoms with Crippen LogP contribution in [0, 0.1) is 0 Å². The Morgan fingerprint density at radius 2 is 1.67 bits per heavy atom. The maximum absolute atomic E-state index is 11.8. The van der Waals surface area contributed by atoms with E-state index >= 15 is 0 Å². The van der Waals surface area contributed by atoms with Gasteiger partial charge in [-0.15, -0.1) is 11.8 Å². The molecule has 0 spiro atoms. The molecule has 2 aromatic carbocycles. The third kappa shape index (κ3) is 3.37. The molecular formula is C14H11BrO2S. The van der Waals surface area contributed by atoms with Crippen molar-refractivity contribution in [2.45, 2.75) is 4.90 Å². The standard InChI is InChI=1S/C14H11BrO2S/c1-18-13-8-6-12(7-9-13)17-14(16)10-2-4-11(15)5-3-10/h2-9H,1H3. The van der Waals surface area contributed by atoms with Crippen LogP contribution in [0.2, 0.25) is 0 Å². The van der Waals surface area contributed by atoms with Crippen LogP contribution in [0.5, 0.6) is 5.75 Å². The molecule has 0 amide bonds. The molecule has 0 aliphatic carbocycles. The number of thioether (sulfide) groups is 1. The fourth-order valence-electron chi connectivity index (χ4n) is 1.40. The Balaban J connectivity index is 2.08. The fraction of sp³-hybridized carbons (Fsp3) is 0.0714. The van der Waals surface area contributed by atoms with Crippen LogP contribution in [0.3, 0.4) is 0 Å². The van der Waals surface area contributed by atoms with Crippen molar-refractivity contribution in [3.8, 4) is 5.75 Å². The Labute approximate surface area is 118 Å². The van der Waals surface area contributed by atoms with E-state index in [0.29, 0.717) is 11.3 Å². The highest BCUT2D eigenvalue weighted by molar-refractivity contribution is 9.10. The van der Waals surface area contributed by atoms with Gasteiger partial charge < -0.3 is 4.74 Å². The number of rotatable bonds is 3. The minimum Gasteiger partial charge on any atom is -0.423 e. The van der Waals surface area contributed by atoms with E-state index < -0.39 is 0 Å². The zero-order valence-corrected chi connectivity index (χ0v) is 12.1. The van der Waals surface area contributed by atoms with Gasteiger partial charge in [0.2, 0.25) is 0 Å². The first-order valence-electron chi connectivity index (χ1n) is 5.31. The van der Waals surface area contributed by atoms with Crippen molar-refractivity contribution < 1.29 is 9.53 Å². The van der Waals surface area contributed by atoms with Crippen molar-refractivity contribution in [3.63, 3.8) is 0 Å². The summed E-state index contributed by atoms with van der Waals surface area (Å²) < 4.78 is 6.21. The Bertz CT molecular complexity index is 535. The van der Waals surface area contributed by atoms with E-state index in [4.69, 9.17) is 4.74 Å². The second-order valence-electron chi connectivity index (χ2n) is 3.57. The second kappa shape index (κ2) is 6.07. The Kier molecular flexibility index (Phi) is 4.44. The summed E-state index contributed by atoms with van der Waals surface area (Å²) in [5, 5.41) is 0. The molecule has 0 atom stereocenters. The number of ether oxygens (including phenoxy) is 1. The van der Waals surface area contributed by atoms with Gasteiger partial charge in [-0.2, -0.15) is 0 Å². The lowest BCUT2D eigenvalue weighted by Gasteiger charge is -2.05. The molecule has 0 heterocycles. The predicted molar refractivity (Wildman–Crippen MR) is 77.3 cm³/mol. The van der Waals surface area contributed by atoms with Gasteiger partial charge in [-0.25, -0.2) is 4.79 Å². The van der Waals surface area contributed by atoms with Crippen LogP contribution in [-0.4, -0.2) is 12.2 Å². The first kappa shape index (κ1) is 13.2. The smallest absolute Gasteiger partial charge is 0.343 e. The van der Waals surface area contributed by atoms with Gasteiger partial charge in [0.1, 0.15) is 5.75 Å². The van der Waals surface area contributed by atoms with Gasteiger partial charge in [0.05, 0.1) is 5.56 Å². The molecule has 2 aromatic rings. The third-order valence-electron chi connectivity index (χ3n) is 2.35. The summed E-state index contributed by atoms with van der Waals surface area (Å²) in [5.41, 5.74) is 0.534. The molecule has 4 heteroatoms. The summed E-state index contributed by atoms with van der Waals surface area (Å²) in [6.07, 6.45) is 2.00. The van der Waals surface area contributed by atoms with Crippen molar-refractivity contribution in [3.05, 3.63) is 58.6 Å². The van der Waals surface area contributed by atoms with Crippen molar-refractivity contribution in [2.24, 2.45) is 0 Å². The van der Waals surface area contributed by atoms with Crippen molar-refractivity contribution in [2.75, 3.05) is 6.26 Å². The first-order valence-corrected chi connectivity index (χ1v) is 7.32. The van der Waals surface area contributed by atoms with E-state index in [2.05, 4.69) is 15.9 Å². The zero-order chi connectivity index (χ0) is 13.0. The highest BCUT2D eigenvalue weighted by Crippen LogP contribution is 2.20. The number of hydrogen-bond donors (Lipinski definition) is 0. The van der Waals surface area contributed by atoms with Crippen LogP contribution in [0.25, 0.3) is 0 Å². The van der Waals surface area contributed by atoms with Gasteiger partial charge in [0.25, 0.3) is 0 Å². The normalized spacial score (nSPS) is 10.1. The van der Waals surface area contributed by atoms with Crippen LogP contribution < -0.4 is 4.74 Å². The van der Waals surface area contributed by atoms with Gasteiger partial charge >= 0.3 is 5.97 Å². The van der Waals surface area contributed by atoms with E-state index in [-0.39, 0.29) is 5.97 Å². The first-order chi connectivity index (χ1) is 8.69. The number of carbonyl (C=O) groups is 1. The molecule has 0 saturated heterocycles. The molecule has 18 heavy (non-hydrogen) atoms. The molecule has 0 saturated carbocycles. The Hall–Kier alpha value is -1.26. The number of esters is 1. The van der Waals surface area contributed by atoms with Gasteiger partial charge in [-0.3, -0.25) is 0 Å². The van der Waals surface area contributed by atoms with Crippen LogP contribution in [0.4, 0.5) is 0 Å². The average molecular weight is 323 g/mol. The van der Waals surface area contributed by atoms with Gasteiger partial charge in [0, 0.05) is 9.37 Å². The highest BCUT2D eigenvalue weighted by Gasteiger charge is 2.07. The molecule has 0 N–H and O–H groups in total. The van der Waals surface area contributed by atoms with E-state index in [1.165, 1.54) is 0 Å². The predicted octanol–water partition coefficient (Wildman–Crippen LogP) is 4.39. The minimum absolute atomic E-state index is 0.348. The van der Waals surface area contributed by atoms with Crippen LogP contribution in [0.15, 0.2) is 57.9 Å². The largest absolute Gasteiger partial charge is 0.423 e. The van der Waals surface area contributed by atoms with Crippen molar-refractivity contribution in [1.82, 2.24) is 0 Å². The lowest BCUT2D eigenvalue weighted by atomic mass is 10.2. The number of hydrogen-bond acceptors (Lipinski definition) is 3. The molecule has 0 aromatic heterocycles. The molecular weight excluding hydrogens is 312 g/mol.